The first kappa shape index (κ1) is 20.1. The van der Waals surface area contributed by atoms with E-state index in [0.29, 0.717) is 12.3 Å². The number of hydrogen-bond acceptors (Lipinski definition) is 3. The second-order valence-electron chi connectivity index (χ2n) is 8.43. The molecule has 0 radical (unpaired) electrons. The van der Waals surface area contributed by atoms with Crippen molar-refractivity contribution < 1.29 is 9.26 Å². The molecule has 1 aliphatic rings. The molecule has 0 bridgehead atoms. The lowest BCUT2D eigenvalue weighted by Gasteiger charge is -2.20. The summed E-state index contributed by atoms with van der Waals surface area (Å²) in [7, 11) is 0. The monoisotopic (exact) mass is 422 g/mol. The van der Waals surface area contributed by atoms with Crippen molar-refractivity contribution in [2.45, 2.75) is 33.2 Å². The molecule has 0 spiro atoms. The maximum Gasteiger partial charge on any atom is 0.183 e. The van der Waals surface area contributed by atoms with Crippen LogP contribution in [0.2, 0.25) is 0 Å². The second-order valence-corrected chi connectivity index (χ2v) is 8.43. The number of hydrogen-bond donors (Lipinski definition) is 0. The fourth-order valence-corrected chi connectivity index (χ4v) is 4.29. The molecule has 0 aliphatic heterocycles. The Bertz CT molecular complexity index is 1300. The van der Waals surface area contributed by atoms with Gasteiger partial charge in [0.15, 0.2) is 5.76 Å². The van der Waals surface area contributed by atoms with E-state index in [9.17, 15) is 0 Å². The Kier molecular flexibility index (Phi) is 5.28. The number of fused-ring (bicyclic) bond motifs is 3. The third kappa shape index (κ3) is 3.80. The average Bonchev–Trinajstić information content (AvgIpc) is 3.44. The molecule has 5 rings (SSSR count). The number of rotatable bonds is 6. The molecule has 2 aromatic heterocycles. The van der Waals surface area contributed by atoms with Crippen LogP contribution in [-0.4, -0.2) is 9.72 Å². The highest BCUT2D eigenvalue weighted by molar-refractivity contribution is 5.78. The Hall–Kier alpha value is -3.79. The SMILES string of the molecule is C=C(Cn1c(-c2cc(-c3ccccc3)no2)cc2c1CCc1ccccc1-2)OC=C(C)C. The van der Waals surface area contributed by atoms with Gasteiger partial charge in [-0.25, -0.2) is 0 Å². The number of ether oxygens (including phenoxy) is 1. The smallest absolute Gasteiger partial charge is 0.183 e. The molecule has 160 valence electrons. The first-order valence-corrected chi connectivity index (χ1v) is 10.9. The standard InChI is InChI=1S/C28H26N2O2/c1-19(2)18-31-20(3)17-30-26-14-13-21-9-7-8-12-23(21)24(26)15-27(30)28-16-25(29-32-28)22-10-5-4-6-11-22/h4-12,15-16,18H,3,13-14,17H2,1-2H3. The van der Waals surface area contributed by atoms with Crippen molar-refractivity contribution in [2.24, 2.45) is 0 Å². The third-order valence-corrected chi connectivity index (χ3v) is 5.78. The Morgan fingerprint density at radius 1 is 1.03 bits per heavy atom. The predicted octanol–water partition coefficient (Wildman–Crippen LogP) is 7.03. The van der Waals surface area contributed by atoms with Crippen LogP contribution in [0.3, 0.4) is 0 Å². The Morgan fingerprint density at radius 2 is 1.81 bits per heavy atom. The van der Waals surface area contributed by atoms with Crippen molar-refractivity contribution in [1.82, 2.24) is 9.72 Å². The van der Waals surface area contributed by atoms with E-state index in [-0.39, 0.29) is 0 Å². The maximum atomic E-state index is 5.84. The van der Waals surface area contributed by atoms with Crippen molar-refractivity contribution in [2.75, 3.05) is 0 Å². The molecule has 4 nitrogen and oxygen atoms in total. The zero-order chi connectivity index (χ0) is 22.1. The minimum Gasteiger partial charge on any atom is -0.468 e. The Balaban J connectivity index is 1.59. The summed E-state index contributed by atoms with van der Waals surface area (Å²) in [6.07, 6.45) is 3.72. The predicted molar refractivity (Wildman–Crippen MR) is 128 cm³/mol. The van der Waals surface area contributed by atoms with Gasteiger partial charge < -0.3 is 13.8 Å². The molecule has 0 N–H and O–H groups in total. The van der Waals surface area contributed by atoms with Crippen LogP contribution in [-0.2, 0) is 24.1 Å². The van der Waals surface area contributed by atoms with Crippen molar-refractivity contribution in [3.8, 4) is 33.8 Å². The summed E-state index contributed by atoms with van der Waals surface area (Å²) in [6, 6.07) is 22.9. The van der Waals surface area contributed by atoms with Crippen molar-refractivity contribution in [1.29, 1.82) is 0 Å². The summed E-state index contributed by atoms with van der Waals surface area (Å²) >= 11 is 0. The zero-order valence-corrected chi connectivity index (χ0v) is 18.5. The van der Waals surface area contributed by atoms with Gasteiger partial charge >= 0.3 is 0 Å². The van der Waals surface area contributed by atoms with Gasteiger partial charge in [-0.3, -0.25) is 0 Å². The molecule has 0 amide bonds. The molecule has 0 saturated heterocycles. The quantitative estimate of drug-likeness (QED) is 0.313. The lowest BCUT2D eigenvalue weighted by Crippen LogP contribution is -2.11. The highest BCUT2D eigenvalue weighted by atomic mass is 16.5. The molecule has 1 aliphatic carbocycles. The molecule has 2 aromatic carbocycles. The van der Waals surface area contributed by atoms with Gasteiger partial charge in [-0.05, 0) is 49.5 Å². The molecule has 0 fully saturated rings. The lowest BCUT2D eigenvalue weighted by atomic mass is 9.90. The van der Waals surface area contributed by atoms with Crippen LogP contribution >= 0.6 is 0 Å². The molecule has 0 saturated carbocycles. The number of nitrogens with zero attached hydrogens (tertiary/aromatic N) is 2. The summed E-state index contributed by atoms with van der Waals surface area (Å²) in [5.74, 6) is 1.43. The fraction of sp³-hybridized carbons (Fsp3) is 0.179. The molecule has 0 unspecified atom stereocenters. The third-order valence-electron chi connectivity index (χ3n) is 5.78. The minimum absolute atomic E-state index is 0.554. The fourth-order valence-electron chi connectivity index (χ4n) is 4.29. The van der Waals surface area contributed by atoms with Crippen LogP contribution in [0.25, 0.3) is 33.8 Å². The van der Waals surface area contributed by atoms with E-state index in [4.69, 9.17) is 9.26 Å². The van der Waals surface area contributed by atoms with Crippen LogP contribution in [0.1, 0.15) is 25.1 Å². The maximum absolute atomic E-state index is 5.84. The topological polar surface area (TPSA) is 40.2 Å². The van der Waals surface area contributed by atoms with Gasteiger partial charge in [-0.1, -0.05) is 66.3 Å². The zero-order valence-electron chi connectivity index (χ0n) is 18.5. The molecular weight excluding hydrogens is 396 g/mol. The summed E-state index contributed by atoms with van der Waals surface area (Å²) in [5, 5.41) is 4.34. The number of aromatic nitrogens is 2. The van der Waals surface area contributed by atoms with Crippen molar-refractivity contribution >= 4 is 0 Å². The van der Waals surface area contributed by atoms with Crippen LogP contribution in [0, 0.1) is 0 Å². The van der Waals surface area contributed by atoms with Gasteiger partial charge in [0.05, 0.1) is 18.5 Å². The van der Waals surface area contributed by atoms with Gasteiger partial charge in [-0.2, -0.15) is 0 Å². The van der Waals surface area contributed by atoms with Crippen LogP contribution in [0.5, 0.6) is 0 Å². The summed E-state index contributed by atoms with van der Waals surface area (Å²) in [4.78, 5) is 0. The summed E-state index contributed by atoms with van der Waals surface area (Å²) in [6.45, 7) is 8.72. The van der Waals surface area contributed by atoms with E-state index in [1.807, 2.05) is 50.2 Å². The Morgan fingerprint density at radius 3 is 2.62 bits per heavy atom. The molecule has 4 aromatic rings. The molecule has 4 heteroatoms. The first-order chi connectivity index (χ1) is 15.6. The van der Waals surface area contributed by atoms with E-state index >= 15 is 0 Å². The average molecular weight is 423 g/mol. The molecule has 0 atom stereocenters. The molecule has 32 heavy (non-hydrogen) atoms. The van der Waals surface area contributed by atoms with E-state index in [2.05, 4.69) is 46.6 Å². The molecule has 2 heterocycles. The van der Waals surface area contributed by atoms with Crippen LogP contribution in [0.15, 0.2) is 95.4 Å². The van der Waals surface area contributed by atoms with E-state index < -0.39 is 0 Å². The van der Waals surface area contributed by atoms with Gasteiger partial charge in [0.2, 0.25) is 0 Å². The second kappa shape index (κ2) is 8.39. The highest BCUT2D eigenvalue weighted by Crippen LogP contribution is 2.40. The van der Waals surface area contributed by atoms with E-state index in [1.54, 1.807) is 6.26 Å². The Labute approximate surface area is 188 Å². The summed E-state index contributed by atoms with van der Waals surface area (Å²) in [5.41, 5.74) is 9.13. The van der Waals surface area contributed by atoms with Gasteiger partial charge in [0.1, 0.15) is 11.5 Å². The number of allylic oxidation sites excluding steroid dienone is 2. The van der Waals surface area contributed by atoms with E-state index in [0.717, 1.165) is 41.1 Å². The normalized spacial score (nSPS) is 12.1. The van der Waals surface area contributed by atoms with Gasteiger partial charge in [0.25, 0.3) is 0 Å². The highest BCUT2D eigenvalue weighted by Gasteiger charge is 2.25. The van der Waals surface area contributed by atoms with E-state index in [1.165, 1.54) is 22.4 Å². The van der Waals surface area contributed by atoms with Gasteiger partial charge in [-0.15, -0.1) is 0 Å². The van der Waals surface area contributed by atoms with Crippen molar-refractivity contribution in [3.05, 3.63) is 102 Å². The number of aryl methyl sites for hydroxylation is 1. The van der Waals surface area contributed by atoms with Crippen LogP contribution in [0.4, 0.5) is 0 Å². The van der Waals surface area contributed by atoms with Gasteiger partial charge in [0, 0.05) is 22.9 Å². The van der Waals surface area contributed by atoms with Crippen molar-refractivity contribution in [3.63, 3.8) is 0 Å². The molecular formula is C28H26N2O2. The first-order valence-electron chi connectivity index (χ1n) is 10.9. The lowest BCUT2D eigenvalue weighted by molar-refractivity contribution is 0.322. The number of benzene rings is 2. The minimum atomic E-state index is 0.554. The summed E-state index contributed by atoms with van der Waals surface area (Å²) < 4.78 is 13.9. The van der Waals surface area contributed by atoms with Crippen LogP contribution < -0.4 is 0 Å². The largest absolute Gasteiger partial charge is 0.468 e.